The molecule has 0 aliphatic carbocycles. The largest absolute Gasteiger partial charge is 0.367 e. The lowest BCUT2D eigenvalue weighted by Crippen LogP contribution is -2.55. The van der Waals surface area contributed by atoms with Crippen LogP contribution in [0.15, 0.2) is 53.6 Å². The van der Waals surface area contributed by atoms with E-state index in [-0.39, 0.29) is 24.8 Å². The molecule has 11 heteroatoms. The highest BCUT2D eigenvalue weighted by molar-refractivity contribution is 7.88. The molecule has 2 aromatic rings. The molecule has 1 N–H and O–H groups in total. The molecule has 0 saturated carbocycles. The Kier molecular flexibility index (Phi) is 6.66. The Bertz CT molecular complexity index is 1180. The van der Waals surface area contributed by atoms with Gasteiger partial charge in [-0.2, -0.15) is 0 Å². The molecular formula is C22H24FN5O4S. The minimum atomic E-state index is -3.55. The van der Waals surface area contributed by atoms with E-state index in [2.05, 4.69) is 14.7 Å². The standard InChI is InChI=1S/C22H24FN5O4S/c1-33(30,31)26-19-13-32-20(12-18(19)25-27-24)22(29)28-11-10-14-4-2-3-5-17(14)21(28)15-6-8-16(23)9-7-15/h2-9,18-21,26H,10-13H2,1H3/t18-,19+,20+,21-/m0/s1. The minimum absolute atomic E-state index is 0.0460. The van der Waals surface area contributed by atoms with Crippen LogP contribution in [0.4, 0.5) is 4.39 Å². The van der Waals surface area contributed by atoms with Crippen molar-refractivity contribution < 1.29 is 22.3 Å². The van der Waals surface area contributed by atoms with E-state index in [1.807, 2.05) is 24.3 Å². The first kappa shape index (κ1) is 23.2. The molecule has 9 nitrogen and oxygen atoms in total. The fourth-order valence-electron chi connectivity index (χ4n) is 4.53. The second-order valence-corrected chi connectivity index (χ2v) is 10.0. The van der Waals surface area contributed by atoms with Gasteiger partial charge in [0.15, 0.2) is 0 Å². The third-order valence-electron chi connectivity index (χ3n) is 5.99. The van der Waals surface area contributed by atoms with Crippen molar-refractivity contribution in [3.8, 4) is 0 Å². The number of nitrogens with one attached hydrogen (secondary N) is 1. The van der Waals surface area contributed by atoms with E-state index in [4.69, 9.17) is 10.3 Å². The number of halogens is 1. The molecule has 2 heterocycles. The van der Waals surface area contributed by atoms with Crippen LogP contribution in [0.1, 0.15) is 29.2 Å². The molecule has 1 amide bonds. The van der Waals surface area contributed by atoms with Crippen molar-refractivity contribution in [2.45, 2.75) is 37.1 Å². The number of azide groups is 1. The topological polar surface area (TPSA) is 124 Å². The SMILES string of the molecule is CS(=O)(=O)N[C@@H]1CO[C@@H](C(=O)N2CCc3ccccc3[C@@H]2c2ccc(F)cc2)C[C@@H]1N=[N+]=[N-]. The molecule has 1 fully saturated rings. The zero-order chi connectivity index (χ0) is 23.6. The summed E-state index contributed by atoms with van der Waals surface area (Å²) in [6.45, 7) is 0.341. The zero-order valence-corrected chi connectivity index (χ0v) is 18.8. The number of benzene rings is 2. The maximum Gasteiger partial charge on any atom is 0.252 e. The van der Waals surface area contributed by atoms with Gasteiger partial charge in [-0.15, -0.1) is 0 Å². The van der Waals surface area contributed by atoms with Crippen molar-refractivity contribution in [1.29, 1.82) is 0 Å². The highest BCUT2D eigenvalue weighted by Gasteiger charge is 2.40. The maximum atomic E-state index is 13.6. The van der Waals surface area contributed by atoms with Crippen molar-refractivity contribution >= 4 is 15.9 Å². The van der Waals surface area contributed by atoms with Gasteiger partial charge >= 0.3 is 0 Å². The lowest BCUT2D eigenvalue weighted by Gasteiger charge is -2.41. The molecule has 2 aliphatic rings. The van der Waals surface area contributed by atoms with Gasteiger partial charge in [0.05, 0.1) is 31.0 Å². The molecule has 33 heavy (non-hydrogen) atoms. The van der Waals surface area contributed by atoms with Gasteiger partial charge in [0.2, 0.25) is 10.0 Å². The average Bonchev–Trinajstić information content (AvgIpc) is 2.79. The Morgan fingerprint density at radius 2 is 1.97 bits per heavy atom. The van der Waals surface area contributed by atoms with Gasteiger partial charge in [0.1, 0.15) is 11.9 Å². The Balaban J connectivity index is 1.62. The fourth-order valence-corrected chi connectivity index (χ4v) is 5.30. The maximum absolute atomic E-state index is 13.6. The van der Waals surface area contributed by atoms with E-state index in [1.54, 1.807) is 17.0 Å². The summed E-state index contributed by atoms with van der Waals surface area (Å²) in [5.41, 5.74) is 11.8. The Labute approximate surface area is 191 Å². The summed E-state index contributed by atoms with van der Waals surface area (Å²) in [6.07, 6.45) is 0.816. The number of sulfonamides is 1. The summed E-state index contributed by atoms with van der Waals surface area (Å²) in [5, 5.41) is 3.71. The summed E-state index contributed by atoms with van der Waals surface area (Å²) in [6, 6.07) is 11.9. The number of rotatable bonds is 5. The number of ether oxygens (including phenoxy) is 1. The Morgan fingerprint density at radius 1 is 1.24 bits per heavy atom. The second-order valence-electron chi connectivity index (χ2n) is 8.26. The number of amides is 1. The summed E-state index contributed by atoms with van der Waals surface area (Å²) >= 11 is 0. The predicted octanol–water partition coefficient (Wildman–Crippen LogP) is 2.69. The van der Waals surface area contributed by atoms with Crippen LogP contribution in [0.3, 0.4) is 0 Å². The third kappa shape index (κ3) is 5.17. The number of nitrogens with zero attached hydrogens (tertiary/aromatic N) is 4. The summed E-state index contributed by atoms with van der Waals surface area (Å²) < 4.78 is 45.0. The molecule has 4 rings (SSSR count). The molecule has 174 valence electrons. The van der Waals surface area contributed by atoms with Gasteiger partial charge in [-0.05, 0) is 47.2 Å². The van der Waals surface area contributed by atoms with E-state index >= 15 is 0 Å². The first-order valence-corrected chi connectivity index (χ1v) is 12.4. The van der Waals surface area contributed by atoms with Crippen LogP contribution < -0.4 is 4.72 Å². The highest BCUT2D eigenvalue weighted by Crippen LogP contribution is 2.36. The van der Waals surface area contributed by atoms with Crippen LogP contribution in [0.5, 0.6) is 0 Å². The van der Waals surface area contributed by atoms with Crippen LogP contribution in [0.2, 0.25) is 0 Å². The molecule has 0 radical (unpaired) electrons. The van der Waals surface area contributed by atoms with Crippen molar-refractivity contribution in [2.24, 2.45) is 5.11 Å². The van der Waals surface area contributed by atoms with E-state index in [0.717, 1.165) is 22.9 Å². The van der Waals surface area contributed by atoms with Gasteiger partial charge in [-0.1, -0.05) is 41.5 Å². The first-order valence-electron chi connectivity index (χ1n) is 10.5. The van der Waals surface area contributed by atoms with E-state index in [1.165, 1.54) is 12.1 Å². The van der Waals surface area contributed by atoms with E-state index in [0.29, 0.717) is 13.0 Å². The Morgan fingerprint density at radius 3 is 2.67 bits per heavy atom. The quantitative estimate of drug-likeness (QED) is 0.407. The molecule has 0 aromatic heterocycles. The zero-order valence-electron chi connectivity index (χ0n) is 18.0. The van der Waals surface area contributed by atoms with Crippen molar-refractivity contribution in [1.82, 2.24) is 9.62 Å². The number of fused-ring (bicyclic) bond motifs is 1. The molecule has 2 aromatic carbocycles. The van der Waals surface area contributed by atoms with Gasteiger partial charge in [0, 0.05) is 11.5 Å². The summed E-state index contributed by atoms with van der Waals surface area (Å²) in [7, 11) is -3.55. The average molecular weight is 474 g/mol. The van der Waals surface area contributed by atoms with Gasteiger partial charge in [-0.25, -0.2) is 17.5 Å². The first-order chi connectivity index (χ1) is 15.8. The molecule has 0 spiro atoms. The lowest BCUT2D eigenvalue weighted by molar-refractivity contribution is -0.150. The van der Waals surface area contributed by atoms with Crippen LogP contribution >= 0.6 is 0 Å². The number of carbonyl (C=O) groups excluding carboxylic acids is 1. The smallest absolute Gasteiger partial charge is 0.252 e. The molecule has 0 unspecified atom stereocenters. The number of carbonyl (C=O) groups is 1. The minimum Gasteiger partial charge on any atom is -0.367 e. The van der Waals surface area contributed by atoms with Crippen molar-refractivity contribution in [2.75, 3.05) is 19.4 Å². The van der Waals surface area contributed by atoms with E-state index < -0.39 is 34.3 Å². The molecule has 2 aliphatic heterocycles. The van der Waals surface area contributed by atoms with Crippen molar-refractivity contribution in [3.63, 3.8) is 0 Å². The van der Waals surface area contributed by atoms with Gasteiger partial charge in [-0.3, -0.25) is 4.79 Å². The third-order valence-corrected chi connectivity index (χ3v) is 6.72. The molecule has 4 atom stereocenters. The van der Waals surface area contributed by atoms with Crippen molar-refractivity contribution in [3.05, 3.63) is 81.5 Å². The van der Waals surface area contributed by atoms with Crippen LogP contribution in [0, 0.1) is 5.82 Å². The number of hydrogen-bond acceptors (Lipinski definition) is 5. The highest BCUT2D eigenvalue weighted by atomic mass is 32.2. The lowest BCUT2D eigenvalue weighted by atomic mass is 9.87. The van der Waals surface area contributed by atoms with Crippen LogP contribution in [0.25, 0.3) is 10.4 Å². The van der Waals surface area contributed by atoms with Gasteiger partial charge in [0.25, 0.3) is 5.91 Å². The van der Waals surface area contributed by atoms with Crippen LogP contribution in [-0.2, 0) is 26.0 Å². The Hall–Kier alpha value is -2.98. The fraction of sp³-hybridized carbons (Fsp3) is 0.409. The molecular weight excluding hydrogens is 449 g/mol. The monoisotopic (exact) mass is 473 g/mol. The number of hydrogen-bond donors (Lipinski definition) is 1. The van der Waals surface area contributed by atoms with Gasteiger partial charge < -0.3 is 9.64 Å². The second kappa shape index (κ2) is 9.48. The summed E-state index contributed by atoms with van der Waals surface area (Å²) in [5.74, 6) is -0.646. The predicted molar refractivity (Wildman–Crippen MR) is 119 cm³/mol. The van der Waals surface area contributed by atoms with E-state index in [9.17, 15) is 17.6 Å². The normalized spacial score (nSPS) is 25.1. The van der Waals surface area contributed by atoms with Crippen LogP contribution in [-0.4, -0.2) is 56.8 Å². The summed E-state index contributed by atoms with van der Waals surface area (Å²) in [4.78, 5) is 18.1. The molecule has 0 bridgehead atoms. The molecule has 1 saturated heterocycles.